The number of hydrogen-bond donors (Lipinski definition) is 0. The first-order valence-electron chi connectivity index (χ1n) is 10.8. The van der Waals surface area contributed by atoms with E-state index in [1.807, 2.05) is 61.7 Å². The lowest BCUT2D eigenvalue weighted by Gasteiger charge is -2.13. The zero-order chi connectivity index (χ0) is 24.1. The van der Waals surface area contributed by atoms with Crippen LogP contribution in [0.5, 0.6) is 5.75 Å². The molecule has 0 aliphatic carbocycles. The number of thiocarbonyl (C=S) groups is 1. The number of thioether (sulfide) groups is 1. The maximum atomic E-state index is 13.1. The molecule has 0 bridgehead atoms. The summed E-state index contributed by atoms with van der Waals surface area (Å²) in [5.74, 6) is 0.486. The second kappa shape index (κ2) is 11.2. The zero-order valence-electron chi connectivity index (χ0n) is 18.9. The number of hydrogen-bond acceptors (Lipinski definition) is 6. The number of halogens is 1. The van der Waals surface area contributed by atoms with Crippen LogP contribution in [0.3, 0.4) is 0 Å². The number of rotatable bonds is 9. The summed E-state index contributed by atoms with van der Waals surface area (Å²) in [6.07, 6.45) is 4.49. The van der Waals surface area contributed by atoms with Crippen molar-refractivity contribution in [3.63, 3.8) is 0 Å². The summed E-state index contributed by atoms with van der Waals surface area (Å²) >= 11 is 13.2. The van der Waals surface area contributed by atoms with Gasteiger partial charge in [0.1, 0.15) is 15.8 Å². The first-order chi connectivity index (χ1) is 16.5. The van der Waals surface area contributed by atoms with Crippen LogP contribution in [-0.4, -0.2) is 51.8 Å². The summed E-state index contributed by atoms with van der Waals surface area (Å²) in [7, 11) is 1.58. The Bertz CT molecular complexity index is 1230. The van der Waals surface area contributed by atoms with Crippen LogP contribution in [0.25, 0.3) is 23.0 Å². The number of amides is 1. The van der Waals surface area contributed by atoms with Gasteiger partial charge in [0.2, 0.25) is 0 Å². The summed E-state index contributed by atoms with van der Waals surface area (Å²) in [6.45, 7) is 3.73. The molecule has 9 heteroatoms. The van der Waals surface area contributed by atoms with Gasteiger partial charge in [-0.05, 0) is 49.8 Å². The lowest BCUT2D eigenvalue weighted by molar-refractivity contribution is -0.122. The van der Waals surface area contributed by atoms with E-state index in [1.165, 1.54) is 11.8 Å². The molecule has 176 valence electrons. The number of ether oxygens (including phenoxy) is 2. The van der Waals surface area contributed by atoms with Gasteiger partial charge in [-0.15, -0.1) is 0 Å². The van der Waals surface area contributed by atoms with Crippen molar-refractivity contribution in [3.8, 4) is 22.7 Å². The maximum absolute atomic E-state index is 13.1. The van der Waals surface area contributed by atoms with Crippen molar-refractivity contribution in [2.75, 3.05) is 26.9 Å². The Labute approximate surface area is 213 Å². The molecule has 0 atom stereocenters. The predicted molar refractivity (Wildman–Crippen MR) is 142 cm³/mol. The van der Waals surface area contributed by atoms with Crippen molar-refractivity contribution in [1.29, 1.82) is 0 Å². The van der Waals surface area contributed by atoms with Gasteiger partial charge in [-0.1, -0.05) is 53.8 Å². The molecule has 0 radical (unpaired) electrons. The number of carbonyl (C=O) groups is 1. The van der Waals surface area contributed by atoms with Crippen LogP contribution in [0.4, 0.5) is 0 Å². The van der Waals surface area contributed by atoms with Crippen molar-refractivity contribution < 1.29 is 14.3 Å². The highest BCUT2D eigenvalue weighted by molar-refractivity contribution is 8.26. The van der Waals surface area contributed by atoms with Crippen LogP contribution in [0, 0.1) is 0 Å². The standard InChI is InChI=1S/C25H24ClN3O3S2/c1-3-32-13-7-12-28-24(30)22(34-25(28)33)15-18-16-29(19-8-5-4-6-9-19)27-23(18)17-10-11-21(31-2)20(26)14-17/h4-6,8-11,14-16H,3,7,12-13H2,1-2H3. The third-order valence-electron chi connectivity index (χ3n) is 5.22. The number of para-hydroxylation sites is 1. The molecule has 3 aromatic rings. The van der Waals surface area contributed by atoms with Crippen molar-refractivity contribution in [2.24, 2.45) is 0 Å². The van der Waals surface area contributed by atoms with E-state index in [0.29, 0.717) is 45.5 Å². The van der Waals surface area contributed by atoms with Gasteiger partial charge in [-0.25, -0.2) is 4.68 Å². The van der Waals surface area contributed by atoms with E-state index in [4.69, 9.17) is 38.4 Å². The van der Waals surface area contributed by atoms with E-state index in [9.17, 15) is 4.79 Å². The summed E-state index contributed by atoms with van der Waals surface area (Å²) in [5, 5.41) is 5.30. The molecule has 1 aromatic heterocycles. The van der Waals surface area contributed by atoms with Gasteiger partial charge in [0.15, 0.2) is 0 Å². The Balaban J connectivity index is 1.70. The van der Waals surface area contributed by atoms with Gasteiger partial charge in [-0.3, -0.25) is 9.69 Å². The molecule has 1 aliphatic rings. The highest BCUT2D eigenvalue weighted by Crippen LogP contribution is 2.36. The van der Waals surface area contributed by atoms with Crippen molar-refractivity contribution in [1.82, 2.24) is 14.7 Å². The van der Waals surface area contributed by atoms with Crippen molar-refractivity contribution >= 4 is 51.9 Å². The van der Waals surface area contributed by atoms with Crippen LogP contribution in [-0.2, 0) is 9.53 Å². The summed E-state index contributed by atoms with van der Waals surface area (Å²) < 4.78 is 13.0. The number of aromatic nitrogens is 2. The number of carbonyl (C=O) groups excluding carboxylic acids is 1. The van der Waals surface area contributed by atoms with E-state index in [0.717, 1.165) is 23.2 Å². The number of nitrogens with zero attached hydrogens (tertiary/aromatic N) is 3. The molecule has 1 amide bonds. The van der Waals surface area contributed by atoms with Crippen LogP contribution >= 0.6 is 35.6 Å². The topological polar surface area (TPSA) is 56.6 Å². The first kappa shape index (κ1) is 24.5. The average molecular weight is 514 g/mol. The molecule has 0 spiro atoms. The molecule has 1 aliphatic heterocycles. The molecular formula is C25H24ClN3O3S2. The lowest BCUT2D eigenvalue weighted by Crippen LogP contribution is -2.29. The Morgan fingerprint density at radius 2 is 2.00 bits per heavy atom. The molecule has 0 unspecified atom stereocenters. The third kappa shape index (κ3) is 5.36. The minimum Gasteiger partial charge on any atom is -0.495 e. The fourth-order valence-corrected chi connectivity index (χ4v) is 5.10. The Morgan fingerprint density at radius 3 is 2.71 bits per heavy atom. The number of methoxy groups -OCH3 is 1. The van der Waals surface area contributed by atoms with Crippen molar-refractivity contribution in [2.45, 2.75) is 13.3 Å². The Kier molecular flexibility index (Phi) is 8.05. The van der Waals surface area contributed by atoms with Gasteiger partial charge in [0.05, 0.1) is 22.7 Å². The maximum Gasteiger partial charge on any atom is 0.266 e. The summed E-state index contributed by atoms with van der Waals surface area (Å²) in [5.41, 5.74) is 3.22. The van der Waals surface area contributed by atoms with Crippen LogP contribution in [0.15, 0.2) is 59.6 Å². The average Bonchev–Trinajstić information content (AvgIpc) is 3.38. The minimum atomic E-state index is -0.0994. The largest absolute Gasteiger partial charge is 0.495 e. The fraction of sp³-hybridized carbons (Fsp3) is 0.240. The number of benzene rings is 2. The third-order valence-corrected chi connectivity index (χ3v) is 6.90. The smallest absolute Gasteiger partial charge is 0.266 e. The summed E-state index contributed by atoms with van der Waals surface area (Å²) in [6, 6.07) is 15.3. The monoisotopic (exact) mass is 513 g/mol. The molecule has 1 saturated heterocycles. The van der Waals surface area contributed by atoms with Crippen LogP contribution in [0.1, 0.15) is 18.9 Å². The molecule has 6 nitrogen and oxygen atoms in total. The molecule has 1 fully saturated rings. The molecule has 2 heterocycles. The normalized spacial score (nSPS) is 14.9. The summed E-state index contributed by atoms with van der Waals surface area (Å²) in [4.78, 5) is 15.3. The predicted octanol–water partition coefficient (Wildman–Crippen LogP) is 5.83. The quantitative estimate of drug-likeness (QED) is 0.204. The van der Waals surface area contributed by atoms with E-state index >= 15 is 0 Å². The fourth-order valence-electron chi connectivity index (χ4n) is 3.55. The van der Waals surface area contributed by atoms with Gasteiger partial charge >= 0.3 is 0 Å². The second-order valence-corrected chi connectivity index (χ2v) is 9.53. The second-order valence-electron chi connectivity index (χ2n) is 7.45. The van der Waals surface area contributed by atoms with Crippen LogP contribution < -0.4 is 4.74 Å². The van der Waals surface area contributed by atoms with Crippen molar-refractivity contribution in [3.05, 3.63) is 70.2 Å². The van der Waals surface area contributed by atoms with E-state index < -0.39 is 0 Å². The minimum absolute atomic E-state index is 0.0994. The first-order valence-corrected chi connectivity index (χ1v) is 12.4. The molecule has 34 heavy (non-hydrogen) atoms. The van der Waals surface area contributed by atoms with Gasteiger partial charge < -0.3 is 9.47 Å². The van der Waals surface area contributed by atoms with Gasteiger partial charge in [-0.2, -0.15) is 5.10 Å². The van der Waals surface area contributed by atoms with E-state index in [1.54, 1.807) is 22.8 Å². The van der Waals surface area contributed by atoms with E-state index in [-0.39, 0.29) is 5.91 Å². The molecule has 0 N–H and O–H groups in total. The molecule has 2 aromatic carbocycles. The Morgan fingerprint density at radius 1 is 1.21 bits per heavy atom. The van der Waals surface area contributed by atoms with Gasteiger partial charge in [0.25, 0.3) is 5.91 Å². The van der Waals surface area contributed by atoms with E-state index in [2.05, 4.69) is 0 Å². The zero-order valence-corrected chi connectivity index (χ0v) is 21.3. The highest BCUT2D eigenvalue weighted by atomic mass is 35.5. The lowest BCUT2D eigenvalue weighted by atomic mass is 10.1. The van der Waals surface area contributed by atoms with Gasteiger partial charge in [0, 0.05) is 37.1 Å². The molecule has 4 rings (SSSR count). The van der Waals surface area contributed by atoms with Crippen LogP contribution in [0.2, 0.25) is 5.02 Å². The Hall–Kier alpha value is -2.65. The SMILES string of the molecule is CCOCCCN1C(=O)C(=Cc2cn(-c3ccccc3)nc2-c2ccc(OC)c(Cl)c2)SC1=S. The highest BCUT2D eigenvalue weighted by Gasteiger charge is 2.32. The molecule has 0 saturated carbocycles. The molecular weight excluding hydrogens is 490 g/mol.